The SMILES string of the molecule is F[C@@H]1CNCC[C@H]1c1cnc2cc[nH]c2c1. The summed E-state index contributed by atoms with van der Waals surface area (Å²) in [6.45, 7) is 1.33. The van der Waals surface area contributed by atoms with Gasteiger partial charge in [-0.2, -0.15) is 0 Å². The zero-order chi connectivity index (χ0) is 11.0. The highest BCUT2D eigenvalue weighted by Gasteiger charge is 2.26. The third-order valence-electron chi connectivity index (χ3n) is 3.26. The van der Waals surface area contributed by atoms with E-state index in [0.29, 0.717) is 6.54 Å². The molecule has 3 heterocycles. The van der Waals surface area contributed by atoms with Crippen LogP contribution >= 0.6 is 0 Å². The fourth-order valence-corrected chi connectivity index (χ4v) is 2.35. The molecule has 84 valence electrons. The lowest BCUT2D eigenvalue weighted by atomic mass is 9.89. The molecule has 0 bridgehead atoms. The molecule has 16 heavy (non-hydrogen) atoms. The zero-order valence-corrected chi connectivity index (χ0v) is 8.91. The molecule has 1 saturated heterocycles. The zero-order valence-electron chi connectivity index (χ0n) is 8.91. The monoisotopic (exact) mass is 219 g/mol. The Hall–Kier alpha value is -1.42. The van der Waals surface area contributed by atoms with Crippen LogP contribution in [0.3, 0.4) is 0 Å². The van der Waals surface area contributed by atoms with Crippen molar-refractivity contribution in [3.8, 4) is 0 Å². The van der Waals surface area contributed by atoms with Gasteiger partial charge in [0.2, 0.25) is 0 Å². The summed E-state index contributed by atoms with van der Waals surface area (Å²) in [5, 5.41) is 3.06. The van der Waals surface area contributed by atoms with Crippen LogP contribution < -0.4 is 5.32 Å². The smallest absolute Gasteiger partial charge is 0.119 e. The molecule has 1 fully saturated rings. The number of nitrogens with zero attached hydrogens (tertiary/aromatic N) is 1. The van der Waals surface area contributed by atoms with E-state index in [0.717, 1.165) is 29.6 Å². The summed E-state index contributed by atoms with van der Waals surface area (Å²) < 4.78 is 13.8. The molecule has 2 N–H and O–H groups in total. The molecule has 1 aliphatic heterocycles. The summed E-state index contributed by atoms with van der Waals surface area (Å²) >= 11 is 0. The molecule has 2 atom stereocenters. The first-order valence-electron chi connectivity index (χ1n) is 5.62. The number of rotatable bonds is 1. The number of hydrogen-bond donors (Lipinski definition) is 2. The number of hydrogen-bond acceptors (Lipinski definition) is 2. The minimum Gasteiger partial charge on any atom is -0.360 e. The van der Waals surface area contributed by atoms with Crippen molar-refractivity contribution in [1.82, 2.24) is 15.3 Å². The van der Waals surface area contributed by atoms with Crippen LogP contribution in [0, 0.1) is 0 Å². The molecule has 0 unspecified atom stereocenters. The topological polar surface area (TPSA) is 40.7 Å². The molecule has 1 aliphatic rings. The van der Waals surface area contributed by atoms with Gasteiger partial charge >= 0.3 is 0 Å². The van der Waals surface area contributed by atoms with Gasteiger partial charge in [0.15, 0.2) is 0 Å². The maximum absolute atomic E-state index is 13.8. The predicted octanol–water partition coefficient (Wildman–Crippen LogP) is 1.98. The van der Waals surface area contributed by atoms with Crippen molar-refractivity contribution in [2.75, 3.05) is 13.1 Å². The Morgan fingerprint density at radius 2 is 2.38 bits per heavy atom. The van der Waals surface area contributed by atoms with Gasteiger partial charge in [-0.25, -0.2) is 4.39 Å². The van der Waals surface area contributed by atoms with Gasteiger partial charge in [0.05, 0.1) is 11.0 Å². The third-order valence-corrected chi connectivity index (χ3v) is 3.26. The van der Waals surface area contributed by atoms with Crippen LogP contribution in [0.5, 0.6) is 0 Å². The number of pyridine rings is 1. The van der Waals surface area contributed by atoms with Gasteiger partial charge in [-0.15, -0.1) is 0 Å². The average molecular weight is 219 g/mol. The van der Waals surface area contributed by atoms with Crippen molar-refractivity contribution in [1.29, 1.82) is 0 Å². The number of H-pyrrole nitrogens is 1. The summed E-state index contributed by atoms with van der Waals surface area (Å²) in [6, 6.07) is 3.94. The molecule has 0 saturated carbocycles. The van der Waals surface area contributed by atoms with E-state index in [9.17, 15) is 4.39 Å². The van der Waals surface area contributed by atoms with Crippen LogP contribution in [0.15, 0.2) is 24.5 Å². The molecule has 0 radical (unpaired) electrons. The van der Waals surface area contributed by atoms with Gasteiger partial charge < -0.3 is 10.3 Å². The second kappa shape index (κ2) is 3.87. The quantitative estimate of drug-likeness (QED) is 0.770. The minimum atomic E-state index is -0.803. The Labute approximate surface area is 93.1 Å². The molecule has 2 aromatic rings. The molecule has 4 heteroatoms. The van der Waals surface area contributed by atoms with Crippen molar-refractivity contribution in [2.24, 2.45) is 0 Å². The van der Waals surface area contributed by atoms with Gasteiger partial charge in [0.1, 0.15) is 6.17 Å². The van der Waals surface area contributed by atoms with Crippen molar-refractivity contribution in [2.45, 2.75) is 18.5 Å². The molecule has 0 aliphatic carbocycles. The molecule has 3 nitrogen and oxygen atoms in total. The highest BCUT2D eigenvalue weighted by atomic mass is 19.1. The van der Waals surface area contributed by atoms with Gasteiger partial charge in [0.25, 0.3) is 0 Å². The van der Waals surface area contributed by atoms with Crippen LogP contribution in [0.2, 0.25) is 0 Å². The van der Waals surface area contributed by atoms with Gasteiger partial charge in [-0.1, -0.05) is 0 Å². The van der Waals surface area contributed by atoms with E-state index in [1.54, 1.807) is 6.20 Å². The summed E-state index contributed by atoms with van der Waals surface area (Å²) in [5.41, 5.74) is 2.93. The standard InChI is InChI=1S/C12H14FN3/c13-10-7-14-3-1-9(10)8-5-12-11(16-6-8)2-4-15-12/h2,4-6,9-10,14-15H,1,3,7H2/t9-,10+/m0/s1. The van der Waals surface area contributed by atoms with E-state index in [4.69, 9.17) is 0 Å². The summed E-state index contributed by atoms with van der Waals surface area (Å²) in [4.78, 5) is 7.45. The van der Waals surface area contributed by atoms with E-state index in [-0.39, 0.29) is 5.92 Å². The Morgan fingerprint density at radius 1 is 1.44 bits per heavy atom. The summed E-state index contributed by atoms with van der Waals surface area (Å²) in [6.07, 6.45) is 3.70. The van der Waals surface area contributed by atoms with Crippen molar-refractivity contribution in [3.05, 3.63) is 30.1 Å². The maximum Gasteiger partial charge on any atom is 0.119 e. The van der Waals surface area contributed by atoms with E-state index >= 15 is 0 Å². The Balaban J connectivity index is 1.97. The van der Waals surface area contributed by atoms with E-state index in [1.807, 2.05) is 18.3 Å². The summed E-state index contributed by atoms with van der Waals surface area (Å²) in [7, 11) is 0. The second-order valence-corrected chi connectivity index (χ2v) is 4.29. The number of piperidine rings is 1. The minimum absolute atomic E-state index is 0.0125. The number of halogens is 1. The molecule has 3 rings (SSSR count). The largest absolute Gasteiger partial charge is 0.360 e. The Morgan fingerprint density at radius 3 is 3.25 bits per heavy atom. The molecular weight excluding hydrogens is 205 g/mol. The maximum atomic E-state index is 13.8. The lowest BCUT2D eigenvalue weighted by molar-refractivity contribution is 0.231. The van der Waals surface area contributed by atoms with Crippen LogP contribution in [0.4, 0.5) is 4.39 Å². The Bertz CT molecular complexity index is 494. The fraction of sp³-hybridized carbons (Fsp3) is 0.417. The molecular formula is C12H14FN3. The highest BCUT2D eigenvalue weighted by Crippen LogP contribution is 2.28. The van der Waals surface area contributed by atoms with Crippen molar-refractivity contribution in [3.63, 3.8) is 0 Å². The number of aromatic amines is 1. The van der Waals surface area contributed by atoms with Gasteiger partial charge in [-0.3, -0.25) is 4.98 Å². The lowest BCUT2D eigenvalue weighted by Gasteiger charge is -2.26. The van der Waals surface area contributed by atoms with Crippen LogP contribution in [0.1, 0.15) is 17.9 Å². The van der Waals surface area contributed by atoms with Crippen molar-refractivity contribution < 1.29 is 4.39 Å². The Kier molecular flexibility index (Phi) is 2.36. The lowest BCUT2D eigenvalue weighted by Crippen LogP contribution is -2.36. The van der Waals surface area contributed by atoms with Gasteiger partial charge in [0, 0.05) is 24.9 Å². The van der Waals surface area contributed by atoms with Crippen LogP contribution in [-0.4, -0.2) is 29.2 Å². The van der Waals surface area contributed by atoms with Crippen molar-refractivity contribution >= 4 is 11.0 Å². The fourth-order valence-electron chi connectivity index (χ4n) is 2.35. The molecule has 0 aromatic carbocycles. The first kappa shape index (κ1) is 9.78. The number of aromatic nitrogens is 2. The molecule has 0 amide bonds. The van der Waals surface area contributed by atoms with Crippen LogP contribution in [-0.2, 0) is 0 Å². The van der Waals surface area contributed by atoms with Gasteiger partial charge in [-0.05, 0) is 30.7 Å². The van der Waals surface area contributed by atoms with E-state index in [1.165, 1.54) is 0 Å². The average Bonchev–Trinajstić information content (AvgIpc) is 2.76. The highest BCUT2D eigenvalue weighted by molar-refractivity contribution is 5.75. The van der Waals surface area contributed by atoms with E-state index < -0.39 is 6.17 Å². The number of alkyl halides is 1. The molecule has 0 spiro atoms. The number of nitrogens with one attached hydrogen (secondary N) is 2. The van der Waals surface area contributed by atoms with E-state index in [2.05, 4.69) is 15.3 Å². The summed E-state index contributed by atoms with van der Waals surface area (Å²) in [5.74, 6) is -0.0125. The third kappa shape index (κ3) is 1.59. The second-order valence-electron chi connectivity index (χ2n) is 4.29. The first-order valence-corrected chi connectivity index (χ1v) is 5.62. The normalized spacial score (nSPS) is 26.1. The predicted molar refractivity (Wildman–Crippen MR) is 61.2 cm³/mol. The first-order chi connectivity index (χ1) is 7.84. The number of fused-ring (bicyclic) bond motifs is 1. The van der Waals surface area contributed by atoms with Crippen LogP contribution in [0.25, 0.3) is 11.0 Å². The molecule has 2 aromatic heterocycles.